The predicted molar refractivity (Wildman–Crippen MR) is 88.5 cm³/mol. The van der Waals surface area contributed by atoms with Crippen molar-refractivity contribution in [2.24, 2.45) is 0 Å². The maximum Gasteiger partial charge on any atom is 0.145 e. The first-order valence-electron chi connectivity index (χ1n) is 7.18. The number of benzene rings is 2. The van der Waals surface area contributed by atoms with Gasteiger partial charge in [0.05, 0.1) is 6.61 Å². The van der Waals surface area contributed by atoms with Crippen molar-refractivity contribution in [2.75, 3.05) is 19.7 Å². The SMILES string of the molecule is OC(c1ccccc1)(c1c(Cl)cccc1Cl)[C@@H]1CNCCO1. The van der Waals surface area contributed by atoms with Crippen molar-refractivity contribution in [3.63, 3.8) is 0 Å². The third kappa shape index (κ3) is 2.75. The van der Waals surface area contributed by atoms with Gasteiger partial charge in [-0.05, 0) is 17.7 Å². The standard InChI is InChI=1S/C17H17Cl2NO2/c18-13-7-4-8-14(19)16(13)17(21,12-5-2-1-3-6-12)15-11-20-9-10-22-15/h1-8,15,20-21H,9-11H2/t15-,17?/m0/s1. The van der Waals surface area contributed by atoms with E-state index in [0.29, 0.717) is 34.3 Å². The van der Waals surface area contributed by atoms with E-state index in [1.807, 2.05) is 30.3 Å². The lowest BCUT2D eigenvalue weighted by molar-refractivity contribution is -0.101. The van der Waals surface area contributed by atoms with Crippen LogP contribution in [0.5, 0.6) is 0 Å². The summed E-state index contributed by atoms with van der Waals surface area (Å²) in [7, 11) is 0. The molecular weight excluding hydrogens is 321 g/mol. The molecular formula is C17H17Cl2NO2. The number of ether oxygens (including phenoxy) is 1. The molecule has 1 aliphatic rings. The molecule has 0 bridgehead atoms. The van der Waals surface area contributed by atoms with Crippen molar-refractivity contribution >= 4 is 23.2 Å². The normalized spacial score (nSPS) is 21.3. The van der Waals surface area contributed by atoms with Crippen molar-refractivity contribution < 1.29 is 9.84 Å². The summed E-state index contributed by atoms with van der Waals surface area (Å²) in [5.41, 5.74) is -0.221. The highest BCUT2D eigenvalue weighted by Gasteiger charge is 2.44. The molecule has 0 radical (unpaired) electrons. The van der Waals surface area contributed by atoms with Crippen LogP contribution in [0.2, 0.25) is 10.0 Å². The zero-order chi connectivity index (χ0) is 15.6. The fourth-order valence-electron chi connectivity index (χ4n) is 2.88. The second-order valence-electron chi connectivity index (χ2n) is 5.29. The fraction of sp³-hybridized carbons (Fsp3) is 0.294. The lowest BCUT2D eigenvalue weighted by atomic mass is 9.81. The van der Waals surface area contributed by atoms with Crippen LogP contribution in [-0.2, 0) is 10.3 Å². The number of rotatable bonds is 3. The maximum absolute atomic E-state index is 11.6. The molecule has 22 heavy (non-hydrogen) atoms. The first-order chi connectivity index (χ1) is 10.6. The summed E-state index contributed by atoms with van der Waals surface area (Å²) in [6.07, 6.45) is -0.471. The molecule has 1 heterocycles. The van der Waals surface area contributed by atoms with E-state index in [-0.39, 0.29) is 0 Å². The minimum absolute atomic E-state index is 0.424. The molecule has 0 aromatic heterocycles. The van der Waals surface area contributed by atoms with Gasteiger partial charge >= 0.3 is 0 Å². The van der Waals surface area contributed by atoms with E-state index in [4.69, 9.17) is 27.9 Å². The molecule has 1 aliphatic heterocycles. The van der Waals surface area contributed by atoms with Gasteiger partial charge in [0.2, 0.25) is 0 Å². The lowest BCUT2D eigenvalue weighted by Crippen LogP contribution is -2.52. The van der Waals surface area contributed by atoms with E-state index < -0.39 is 11.7 Å². The molecule has 3 rings (SSSR count). The van der Waals surface area contributed by atoms with E-state index in [9.17, 15) is 5.11 Å². The molecule has 1 saturated heterocycles. The first kappa shape index (κ1) is 15.8. The fourth-order valence-corrected chi connectivity index (χ4v) is 3.56. The molecule has 2 aromatic carbocycles. The molecule has 116 valence electrons. The Labute approximate surface area is 139 Å². The van der Waals surface area contributed by atoms with Crippen LogP contribution in [0.15, 0.2) is 48.5 Å². The highest BCUT2D eigenvalue weighted by atomic mass is 35.5. The highest BCUT2D eigenvalue weighted by Crippen LogP contribution is 2.42. The molecule has 0 amide bonds. The average molecular weight is 338 g/mol. The minimum Gasteiger partial charge on any atom is -0.377 e. The summed E-state index contributed by atoms with van der Waals surface area (Å²) in [6, 6.07) is 14.6. The van der Waals surface area contributed by atoms with Crippen LogP contribution in [0.4, 0.5) is 0 Å². The number of halogens is 2. The summed E-state index contributed by atoms with van der Waals surface area (Å²) in [5.74, 6) is 0. The van der Waals surface area contributed by atoms with Gasteiger partial charge in [0.1, 0.15) is 11.7 Å². The largest absolute Gasteiger partial charge is 0.377 e. The highest BCUT2D eigenvalue weighted by molar-refractivity contribution is 6.36. The van der Waals surface area contributed by atoms with Gasteiger partial charge in [0, 0.05) is 28.7 Å². The van der Waals surface area contributed by atoms with Gasteiger partial charge in [-0.3, -0.25) is 0 Å². The van der Waals surface area contributed by atoms with Crippen molar-refractivity contribution in [3.8, 4) is 0 Å². The molecule has 0 aliphatic carbocycles. The summed E-state index contributed by atoms with van der Waals surface area (Å²) in [5, 5.41) is 15.7. The van der Waals surface area contributed by atoms with Gasteiger partial charge in [-0.25, -0.2) is 0 Å². The zero-order valence-corrected chi connectivity index (χ0v) is 13.4. The Kier molecular flexibility index (Phi) is 4.71. The number of aliphatic hydroxyl groups is 1. The monoisotopic (exact) mass is 337 g/mol. The van der Waals surface area contributed by atoms with Gasteiger partial charge in [-0.15, -0.1) is 0 Å². The van der Waals surface area contributed by atoms with Gasteiger partial charge in [-0.1, -0.05) is 59.6 Å². The quantitative estimate of drug-likeness (QED) is 0.903. The van der Waals surface area contributed by atoms with Crippen molar-refractivity contribution in [2.45, 2.75) is 11.7 Å². The second kappa shape index (κ2) is 6.57. The van der Waals surface area contributed by atoms with Gasteiger partial charge in [0.15, 0.2) is 0 Å². The van der Waals surface area contributed by atoms with Crippen molar-refractivity contribution in [1.29, 1.82) is 0 Å². The number of hydrogen-bond acceptors (Lipinski definition) is 3. The Morgan fingerprint density at radius 1 is 1.05 bits per heavy atom. The van der Waals surface area contributed by atoms with Crippen LogP contribution in [0, 0.1) is 0 Å². The molecule has 3 nitrogen and oxygen atoms in total. The molecule has 0 spiro atoms. The Morgan fingerprint density at radius 2 is 1.73 bits per heavy atom. The summed E-state index contributed by atoms with van der Waals surface area (Å²) in [4.78, 5) is 0. The maximum atomic E-state index is 11.6. The van der Waals surface area contributed by atoms with E-state index in [2.05, 4.69) is 5.32 Å². The predicted octanol–water partition coefficient (Wildman–Crippen LogP) is 3.22. The number of nitrogens with one attached hydrogen (secondary N) is 1. The van der Waals surface area contributed by atoms with Crippen LogP contribution >= 0.6 is 23.2 Å². The molecule has 2 aromatic rings. The van der Waals surface area contributed by atoms with Gasteiger partial charge in [-0.2, -0.15) is 0 Å². The zero-order valence-electron chi connectivity index (χ0n) is 11.9. The van der Waals surface area contributed by atoms with E-state index >= 15 is 0 Å². The number of morpholine rings is 1. The molecule has 1 fully saturated rings. The summed E-state index contributed by atoms with van der Waals surface area (Å²) in [6.45, 7) is 1.81. The van der Waals surface area contributed by atoms with E-state index in [1.54, 1.807) is 18.2 Å². The molecule has 2 atom stereocenters. The average Bonchev–Trinajstić information content (AvgIpc) is 2.56. The van der Waals surface area contributed by atoms with E-state index in [1.165, 1.54) is 0 Å². The second-order valence-corrected chi connectivity index (χ2v) is 6.11. The topological polar surface area (TPSA) is 41.5 Å². The molecule has 0 saturated carbocycles. The summed E-state index contributed by atoms with van der Waals surface area (Å²) < 4.78 is 5.83. The van der Waals surface area contributed by atoms with E-state index in [0.717, 1.165) is 6.54 Å². The van der Waals surface area contributed by atoms with Crippen LogP contribution in [-0.4, -0.2) is 30.9 Å². The third-order valence-electron chi connectivity index (χ3n) is 3.95. The Balaban J connectivity index is 2.18. The molecule has 2 N–H and O–H groups in total. The number of hydrogen-bond donors (Lipinski definition) is 2. The molecule has 5 heteroatoms. The van der Waals surface area contributed by atoms with Gasteiger partial charge in [0.25, 0.3) is 0 Å². The minimum atomic E-state index is -1.41. The lowest BCUT2D eigenvalue weighted by Gasteiger charge is -2.40. The third-order valence-corrected chi connectivity index (χ3v) is 4.58. The Morgan fingerprint density at radius 3 is 2.32 bits per heavy atom. The smallest absolute Gasteiger partial charge is 0.145 e. The van der Waals surface area contributed by atoms with Crippen LogP contribution in [0.3, 0.4) is 0 Å². The van der Waals surface area contributed by atoms with Crippen LogP contribution < -0.4 is 5.32 Å². The molecule has 1 unspecified atom stereocenters. The van der Waals surface area contributed by atoms with Crippen molar-refractivity contribution in [3.05, 3.63) is 69.7 Å². The first-order valence-corrected chi connectivity index (χ1v) is 7.94. The van der Waals surface area contributed by atoms with Crippen LogP contribution in [0.25, 0.3) is 0 Å². The van der Waals surface area contributed by atoms with Crippen molar-refractivity contribution in [1.82, 2.24) is 5.32 Å². The Bertz CT molecular complexity index is 624. The van der Waals surface area contributed by atoms with Gasteiger partial charge < -0.3 is 15.2 Å². The van der Waals surface area contributed by atoms with Crippen LogP contribution in [0.1, 0.15) is 11.1 Å². The summed E-state index contributed by atoms with van der Waals surface area (Å²) >= 11 is 12.7. The Hall–Kier alpha value is -1.10.